The number of nitrogens with zero attached hydrogens (tertiary/aromatic N) is 3. The van der Waals surface area contributed by atoms with E-state index in [1.54, 1.807) is 56.3 Å². The lowest BCUT2D eigenvalue weighted by Crippen LogP contribution is -2.42. The summed E-state index contributed by atoms with van der Waals surface area (Å²) in [7, 11) is 1.50. The van der Waals surface area contributed by atoms with Crippen LogP contribution in [0.1, 0.15) is 23.7 Å². The highest BCUT2D eigenvalue weighted by atomic mass is 16.5. The Hall–Kier alpha value is -4.20. The standard InChI is InChI=1S/C26H26N4O4/c1-5-18-10-12-19(13-11-18)28-22(31)15-29-25(32)23-16(2)14-17(3)27-24(23)30(26(29)33)20-8-6-7-9-21(20)34-4/h6-14H,5,15H2,1-4H3,(H,28,31). The Balaban J connectivity index is 1.88. The summed E-state index contributed by atoms with van der Waals surface area (Å²) in [5.74, 6) is -0.0374. The van der Waals surface area contributed by atoms with E-state index >= 15 is 0 Å². The third-order valence-electron chi connectivity index (χ3n) is 5.69. The number of fused-ring (bicyclic) bond motifs is 1. The Morgan fingerprint density at radius 2 is 1.76 bits per heavy atom. The molecule has 1 amide bonds. The van der Waals surface area contributed by atoms with Crippen LogP contribution in [0.5, 0.6) is 5.75 Å². The number of para-hydroxylation sites is 2. The number of carbonyl (C=O) groups excluding carboxylic acids is 1. The van der Waals surface area contributed by atoms with Gasteiger partial charge in [0.25, 0.3) is 5.56 Å². The van der Waals surface area contributed by atoms with E-state index in [-0.39, 0.29) is 11.0 Å². The van der Waals surface area contributed by atoms with Crippen molar-refractivity contribution in [2.45, 2.75) is 33.7 Å². The summed E-state index contributed by atoms with van der Waals surface area (Å²) < 4.78 is 7.73. The summed E-state index contributed by atoms with van der Waals surface area (Å²) >= 11 is 0. The highest BCUT2D eigenvalue weighted by molar-refractivity contribution is 5.91. The predicted molar refractivity (Wildman–Crippen MR) is 132 cm³/mol. The van der Waals surface area contributed by atoms with Crippen LogP contribution in [0.15, 0.2) is 64.2 Å². The molecule has 0 bridgehead atoms. The topological polar surface area (TPSA) is 95.2 Å². The maximum Gasteiger partial charge on any atom is 0.337 e. The molecule has 4 aromatic rings. The lowest BCUT2D eigenvalue weighted by Gasteiger charge is -2.17. The maximum absolute atomic E-state index is 13.6. The quantitative estimate of drug-likeness (QED) is 0.478. The zero-order chi connectivity index (χ0) is 24.4. The molecule has 0 aliphatic heterocycles. The minimum Gasteiger partial charge on any atom is -0.495 e. The smallest absolute Gasteiger partial charge is 0.337 e. The Morgan fingerprint density at radius 1 is 1.06 bits per heavy atom. The minimum absolute atomic E-state index is 0.226. The van der Waals surface area contributed by atoms with Crippen molar-refractivity contribution in [1.82, 2.24) is 14.1 Å². The van der Waals surface area contributed by atoms with E-state index in [0.717, 1.165) is 16.6 Å². The predicted octanol–water partition coefficient (Wildman–Crippen LogP) is 3.37. The van der Waals surface area contributed by atoms with E-state index in [2.05, 4.69) is 10.3 Å². The summed E-state index contributed by atoms with van der Waals surface area (Å²) in [6, 6.07) is 16.2. The molecule has 0 saturated heterocycles. The van der Waals surface area contributed by atoms with Gasteiger partial charge < -0.3 is 10.1 Å². The van der Waals surface area contributed by atoms with Crippen LogP contribution in [-0.4, -0.2) is 27.1 Å². The number of hydrogen-bond acceptors (Lipinski definition) is 5. The number of methoxy groups -OCH3 is 1. The van der Waals surface area contributed by atoms with Gasteiger partial charge in [0.05, 0.1) is 18.2 Å². The molecule has 1 N–H and O–H groups in total. The van der Waals surface area contributed by atoms with Crippen LogP contribution in [0.4, 0.5) is 5.69 Å². The van der Waals surface area contributed by atoms with Crippen molar-refractivity contribution in [3.63, 3.8) is 0 Å². The largest absolute Gasteiger partial charge is 0.495 e. The van der Waals surface area contributed by atoms with Gasteiger partial charge in [-0.1, -0.05) is 31.2 Å². The second kappa shape index (κ2) is 9.35. The average Bonchev–Trinajstić information content (AvgIpc) is 2.82. The molecule has 8 nitrogen and oxygen atoms in total. The number of aromatic nitrogens is 3. The molecule has 174 valence electrons. The molecule has 0 radical (unpaired) electrons. The van der Waals surface area contributed by atoms with E-state index in [1.807, 2.05) is 19.1 Å². The summed E-state index contributed by atoms with van der Waals surface area (Å²) in [6.45, 7) is 5.19. The number of hydrogen-bond donors (Lipinski definition) is 1. The highest BCUT2D eigenvalue weighted by Crippen LogP contribution is 2.24. The second-order valence-corrected chi connectivity index (χ2v) is 8.06. The third kappa shape index (κ3) is 4.22. The summed E-state index contributed by atoms with van der Waals surface area (Å²) in [4.78, 5) is 44.3. The van der Waals surface area contributed by atoms with Crippen molar-refractivity contribution >= 4 is 22.6 Å². The van der Waals surface area contributed by atoms with Gasteiger partial charge in [0, 0.05) is 11.4 Å². The fourth-order valence-corrected chi connectivity index (χ4v) is 4.02. The molecule has 0 unspecified atom stereocenters. The number of aryl methyl sites for hydroxylation is 3. The Morgan fingerprint density at radius 3 is 2.44 bits per heavy atom. The fourth-order valence-electron chi connectivity index (χ4n) is 4.02. The molecule has 0 atom stereocenters. The minimum atomic E-state index is -0.670. The number of amides is 1. The SMILES string of the molecule is CCc1ccc(NC(=O)Cn2c(=O)c3c(C)cc(C)nc3n(-c3ccccc3OC)c2=O)cc1. The Kier molecular flexibility index (Phi) is 6.32. The normalized spacial score (nSPS) is 10.9. The van der Waals surface area contributed by atoms with Crippen LogP contribution >= 0.6 is 0 Å². The molecule has 8 heteroatoms. The van der Waals surface area contributed by atoms with Crippen molar-refractivity contribution in [2.75, 3.05) is 12.4 Å². The van der Waals surface area contributed by atoms with Crippen molar-refractivity contribution < 1.29 is 9.53 Å². The van der Waals surface area contributed by atoms with Gasteiger partial charge in [-0.15, -0.1) is 0 Å². The van der Waals surface area contributed by atoms with Crippen LogP contribution in [0.2, 0.25) is 0 Å². The first-order chi connectivity index (χ1) is 16.3. The second-order valence-electron chi connectivity index (χ2n) is 8.06. The highest BCUT2D eigenvalue weighted by Gasteiger charge is 2.21. The lowest BCUT2D eigenvalue weighted by molar-refractivity contribution is -0.116. The summed E-state index contributed by atoms with van der Waals surface area (Å²) in [5.41, 5.74) is 2.49. The molecular formula is C26H26N4O4. The number of benzene rings is 2. The molecule has 2 heterocycles. The molecule has 2 aromatic heterocycles. The third-order valence-corrected chi connectivity index (χ3v) is 5.69. The van der Waals surface area contributed by atoms with Gasteiger partial charge in [-0.05, 0) is 61.7 Å². The molecule has 4 rings (SSSR count). The molecule has 0 spiro atoms. The van der Waals surface area contributed by atoms with Crippen LogP contribution in [-0.2, 0) is 17.8 Å². The van der Waals surface area contributed by atoms with E-state index in [0.29, 0.717) is 28.4 Å². The summed E-state index contributed by atoms with van der Waals surface area (Å²) in [5, 5.41) is 3.04. The Bertz CT molecular complexity index is 1500. The van der Waals surface area contributed by atoms with Gasteiger partial charge >= 0.3 is 5.69 Å². The zero-order valence-corrected chi connectivity index (χ0v) is 19.6. The number of nitrogens with one attached hydrogen (secondary N) is 1. The molecule has 2 aromatic carbocycles. The van der Waals surface area contributed by atoms with Crippen LogP contribution < -0.4 is 21.3 Å². The lowest BCUT2D eigenvalue weighted by atomic mass is 10.1. The monoisotopic (exact) mass is 458 g/mol. The maximum atomic E-state index is 13.6. The van der Waals surface area contributed by atoms with Crippen molar-refractivity contribution in [3.8, 4) is 11.4 Å². The van der Waals surface area contributed by atoms with Crippen molar-refractivity contribution in [2.24, 2.45) is 0 Å². The number of anilines is 1. The fraction of sp³-hybridized carbons (Fsp3) is 0.231. The number of rotatable bonds is 6. The first kappa shape index (κ1) is 23.0. The van der Waals surface area contributed by atoms with E-state index in [9.17, 15) is 14.4 Å². The van der Waals surface area contributed by atoms with Gasteiger partial charge in [-0.25, -0.2) is 18.9 Å². The molecular weight excluding hydrogens is 432 g/mol. The van der Waals surface area contributed by atoms with E-state index < -0.39 is 23.7 Å². The number of pyridine rings is 1. The number of carbonyl (C=O) groups is 1. The van der Waals surface area contributed by atoms with Crippen LogP contribution in [0.25, 0.3) is 16.7 Å². The van der Waals surface area contributed by atoms with Crippen LogP contribution in [0, 0.1) is 13.8 Å². The molecule has 34 heavy (non-hydrogen) atoms. The molecule has 0 aliphatic rings. The molecule has 0 aliphatic carbocycles. The van der Waals surface area contributed by atoms with Crippen LogP contribution in [0.3, 0.4) is 0 Å². The molecule has 0 fully saturated rings. The Labute approximate surface area is 196 Å². The van der Waals surface area contributed by atoms with Gasteiger partial charge in [-0.3, -0.25) is 9.59 Å². The zero-order valence-electron chi connectivity index (χ0n) is 19.6. The van der Waals surface area contributed by atoms with Gasteiger partial charge in [0.1, 0.15) is 12.3 Å². The molecule has 0 saturated carbocycles. The van der Waals surface area contributed by atoms with E-state index in [1.165, 1.54) is 11.7 Å². The van der Waals surface area contributed by atoms with Gasteiger partial charge in [0.2, 0.25) is 5.91 Å². The van der Waals surface area contributed by atoms with Gasteiger partial charge in [0.15, 0.2) is 5.65 Å². The first-order valence-electron chi connectivity index (χ1n) is 11.0. The summed E-state index contributed by atoms with van der Waals surface area (Å²) in [6.07, 6.45) is 0.885. The van der Waals surface area contributed by atoms with Gasteiger partial charge in [-0.2, -0.15) is 0 Å². The number of ether oxygens (including phenoxy) is 1. The first-order valence-corrected chi connectivity index (χ1v) is 11.0. The van der Waals surface area contributed by atoms with Crippen molar-refractivity contribution in [3.05, 3.63) is 92.3 Å². The average molecular weight is 459 g/mol. The van der Waals surface area contributed by atoms with E-state index in [4.69, 9.17) is 4.74 Å². The van der Waals surface area contributed by atoms with Crippen molar-refractivity contribution in [1.29, 1.82) is 0 Å².